The number of ether oxygens (including phenoxy) is 1. The molecule has 0 aromatic carbocycles. The molecule has 3 saturated carbocycles. The van der Waals surface area contributed by atoms with Gasteiger partial charge < -0.3 is 4.74 Å². The van der Waals surface area contributed by atoms with E-state index >= 15 is 0 Å². The van der Waals surface area contributed by atoms with Crippen LogP contribution in [0.5, 0.6) is 0 Å². The van der Waals surface area contributed by atoms with Crippen molar-refractivity contribution in [2.75, 3.05) is 13.2 Å². The molecule has 3 rings (SSSR count). The summed E-state index contributed by atoms with van der Waals surface area (Å²) in [6, 6.07) is 0. The molecule has 3 fully saturated rings. The molecule has 0 aromatic rings. The van der Waals surface area contributed by atoms with E-state index in [4.69, 9.17) is 4.74 Å². The Balaban J connectivity index is 1.39. The monoisotopic (exact) mass is 369 g/mol. The van der Waals surface area contributed by atoms with Crippen LogP contribution in [0.4, 0.5) is 0 Å². The molecule has 0 radical (unpaired) electrons. The molecule has 5 unspecified atom stereocenters. The van der Waals surface area contributed by atoms with E-state index in [1.807, 2.05) is 6.08 Å². The summed E-state index contributed by atoms with van der Waals surface area (Å²) >= 11 is 0. The average molecular weight is 370 g/mol. The topological polar surface area (TPSA) is 55.4 Å². The van der Waals surface area contributed by atoms with Gasteiger partial charge in [-0.05, 0) is 49.9 Å². The van der Waals surface area contributed by atoms with E-state index in [2.05, 4.69) is 11.3 Å². The van der Waals surface area contributed by atoms with Gasteiger partial charge in [0.1, 0.15) is 0 Å². The minimum absolute atomic E-state index is 0.0914. The van der Waals surface area contributed by atoms with Gasteiger partial charge in [0.15, 0.2) is 0 Å². The molecule has 1 N–H and O–H groups in total. The second kappa shape index (κ2) is 9.01. The first-order chi connectivity index (χ1) is 12.1. The maximum Gasteiger partial charge on any atom is 0.215 e. The van der Waals surface area contributed by atoms with E-state index in [9.17, 15) is 8.42 Å². The molecule has 3 aliphatic rings. The fourth-order valence-corrected chi connectivity index (χ4v) is 7.04. The summed E-state index contributed by atoms with van der Waals surface area (Å²) in [7, 11) is -3.27. The number of hydrogen-bond acceptors (Lipinski definition) is 3. The number of rotatable bonds is 7. The first-order valence-corrected chi connectivity index (χ1v) is 11.9. The fraction of sp³-hybridized carbons (Fsp3) is 0.900. The van der Waals surface area contributed by atoms with Gasteiger partial charge in [0.2, 0.25) is 10.0 Å². The first-order valence-electron chi connectivity index (χ1n) is 10.3. The summed E-state index contributed by atoms with van der Waals surface area (Å²) in [5, 5.41) is -0.309. The molecular weight excluding hydrogens is 334 g/mol. The lowest BCUT2D eigenvalue weighted by molar-refractivity contribution is -0.0102. The van der Waals surface area contributed by atoms with Crippen molar-refractivity contribution in [2.24, 2.45) is 17.8 Å². The molecule has 25 heavy (non-hydrogen) atoms. The lowest BCUT2D eigenvalue weighted by Crippen LogP contribution is -2.41. The standard InChI is InChI=1S/C20H35NO3S/c1-2-16-7-5-6-10-20(16)25(22,23)21-13-14-24-19-12-11-17-8-3-4-9-18(17)15-19/h2,16-21H,1,3-15H2. The van der Waals surface area contributed by atoms with Gasteiger partial charge in [0, 0.05) is 6.54 Å². The van der Waals surface area contributed by atoms with Gasteiger partial charge in [-0.2, -0.15) is 0 Å². The van der Waals surface area contributed by atoms with Crippen LogP contribution in [-0.4, -0.2) is 32.9 Å². The molecule has 3 aliphatic carbocycles. The van der Waals surface area contributed by atoms with Crippen molar-refractivity contribution in [3.63, 3.8) is 0 Å². The van der Waals surface area contributed by atoms with Crippen molar-refractivity contribution in [3.05, 3.63) is 12.7 Å². The van der Waals surface area contributed by atoms with E-state index in [-0.39, 0.29) is 11.2 Å². The van der Waals surface area contributed by atoms with Gasteiger partial charge in [-0.15, -0.1) is 6.58 Å². The Labute approximate surface area is 153 Å². The maximum atomic E-state index is 12.6. The van der Waals surface area contributed by atoms with Crippen LogP contribution in [0.15, 0.2) is 12.7 Å². The summed E-state index contributed by atoms with van der Waals surface area (Å²) in [5.74, 6) is 1.86. The summed E-state index contributed by atoms with van der Waals surface area (Å²) in [5.41, 5.74) is 0. The summed E-state index contributed by atoms with van der Waals surface area (Å²) in [6.45, 7) is 4.71. The second-order valence-electron chi connectivity index (χ2n) is 8.27. The lowest BCUT2D eigenvalue weighted by atomic mass is 9.70. The zero-order valence-electron chi connectivity index (χ0n) is 15.5. The fourth-order valence-electron chi connectivity index (χ4n) is 5.28. The molecule has 0 aliphatic heterocycles. The van der Waals surface area contributed by atoms with Crippen molar-refractivity contribution >= 4 is 10.0 Å². The van der Waals surface area contributed by atoms with E-state index in [0.29, 0.717) is 19.3 Å². The van der Waals surface area contributed by atoms with E-state index in [1.54, 1.807) is 0 Å². The predicted molar refractivity (Wildman–Crippen MR) is 102 cm³/mol. The zero-order chi connectivity index (χ0) is 17.7. The first kappa shape index (κ1) is 19.4. The minimum Gasteiger partial charge on any atom is -0.377 e. The van der Waals surface area contributed by atoms with Crippen LogP contribution in [0.3, 0.4) is 0 Å². The SMILES string of the molecule is C=CC1CCCCC1S(=O)(=O)NCCOC1CCC2CCCCC2C1. The molecule has 0 amide bonds. The van der Waals surface area contributed by atoms with Gasteiger partial charge >= 0.3 is 0 Å². The molecule has 0 spiro atoms. The van der Waals surface area contributed by atoms with Crippen molar-refractivity contribution < 1.29 is 13.2 Å². The largest absolute Gasteiger partial charge is 0.377 e. The number of sulfonamides is 1. The predicted octanol–water partition coefficient (Wildman–Crippen LogP) is 4.03. The second-order valence-corrected chi connectivity index (χ2v) is 10.3. The molecule has 0 bridgehead atoms. The third-order valence-electron chi connectivity index (χ3n) is 6.71. The summed E-state index contributed by atoms with van der Waals surface area (Å²) in [6.07, 6.45) is 15.1. The molecule has 4 nitrogen and oxygen atoms in total. The number of hydrogen-bond donors (Lipinski definition) is 1. The quantitative estimate of drug-likeness (QED) is 0.544. The number of allylic oxidation sites excluding steroid dienone is 1. The van der Waals surface area contributed by atoms with Gasteiger partial charge in [-0.25, -0.2) is 13.1 Å². The normalized spacial score (nSPS) is 36.6. The molecule has 5 heteroatoms. The minimum atomic E-state index is -3.27. The van der Waals surface area contributed by atoms with Crippen molar-refractivity contribution in [3.8, 4) is 0 Å². The van der Waals surface area contributed by atoms with Crippen molar-refractivity contribution in [2.45, 2.75) is 82.0 Å². The Bertz CT molecular complexity index is 533. The highest BCUT2D eigenvalue weighted by atomic mass is 32.2. The Kier molecular flexibility index (Phi) is 6.98. The van der Waals surface area contributed by atoms with Crippen LogP contribution in [-0.2, 0) is 14.8 Å². The van der Waals surface area contributed by atoms with E-state index in [0.717, 1.165) is 43.9 Å². The number of nitrogens with one attached hydrogen (secondary N) is 1. The van der Waals surface area contributed by atoms with Gasteiger partial charge in [-0.3, -0.25) is 0 Å². The third-order valence-corrected chi connectivity index (χ3v) is 8.69. The highest BCUT2D eigenvalue weighted by Crippen LogP contribution is 2.41. The maximum absolute atomic E-state index is 12.6. The molecule has 0 aromatic heterocycles. The summed E-state index contributed by atoms with van der Waals surface area (Å²) in [4.78, 5) is 0. The third kappa shape index (κ3) is 5.08. The molecular formula is C20H35NO3S. The van der Waals surface area contributed by atoms with E-state index in [1.165, 1.54) is 38.5 Å². The van der Waals surface area contributed by atoms with Crippen LogP contribution >= 0.6 is 0 Å². The van der Waals surface area contributed by atoms with Crippen LogP contribution < -0.4 is 4.72 Å². The Morgan fingerprint density at radius 3 is 2.48 bits per heavy atom. The van der Waals surface area contributed by atoms with Gasteiger partial charge in [-0.1, -0.05) is 44.6 Å². The summed E-state index contributed by atoms with van der Waals surface area (Å²) < 4.78 is 34.0. The Hall–Kier alpha value is -0.390. The average Bonchev–Trinajstić information content (AvgIpc) is 2.65. The lowest BCUT2D eigenvalue weighted by Gasteiger charge is -2.39. The van der Waals surface area contributed by atoms with Crippen molar-refractivity contribution in [1.82, 2.24) is 4.72 Å². The van der Waals surface area contributed by atoms with Crippen LogP contribution in [0.25, 0.3) is 0 Å². The number of fused-ring (bicyclic) bond motifs is 1. The molecule has 0 heterocycles. The van der Waals surface area contributed by atoms with Crippen LogP contribution in [0, 0.1) is 17.8 Å². The molecule has 0 saturated heterocycles. The highest BCUT2D eigenvalue weighted by molar-refractivity contribution is 7.90. The Morgan fingerprint density at radius 2 is 1.68 bits per heavy atom. The van der Waals surface area contributed by atoms with Crippen LogP contribution in [0.2, 0.25) is 0 Å². The Morgan fingerprint density at radius 1 is 0.960 bits per heavy atom. The zero-order valence-corrected chi connectivity index (χ0v) is 16.3. The molecule has 5 atom stereocenters. The van der Waals surface area contributed by atoms with Crippen LogP contribution in [0.1, 0.15) is 70.6 Å². The van der Waals surface area contributed by atoms with Gasteiger partial charge in [0.25, 0.3) is 0 Å². The molecule has 144 valence electrons. The smallest absolute Gasteiger partial charge is 0.215 e. The van der Waals surface area contributed by atoms with Crippen molar-refractivity contribution in [1.29, 1.82) is 0 Å². The highest BCUT2D eigenvalue weighted by Gasteiger charge is 2.34. The van der Waals surface area contributed by atoms with E-state index < -0.39 is 10.0 Å². The van der Waals surface area contributed by atoms with Gasteiger partial charge in [0.05, 0.1) is 18.0 Å².